The Morgan fingerprint density at radius 2 is 1.67 bits per heavy atom. The van der Waals surface area contributed by atoms with Crippen LogP contribution in [0.25, 0.3) is 0 Å². The molecule has 0 bridgehead atoms. The molecule has 1 heterocycles. The highest BCUT2D eigenvalue weighted by atomic mass is 35.5. The Morgan fingerprint density at radius 3 is 2.22 bits per heavy atom. The Kier molecular flexibility index (Phi) is 3.64. The maximum Gasteiger partial charge on any atom is 0.242 e. The monoisotopic (exact) mass is 282 g/mol. The van der Waals surface area contributed by atoms with Gasteiger partial charge in [0.2, 0.25) is 5.88 Å². The predicted octanol–water partition coefficient (Wildman–Crippen LogP) is 4.38. The first-order chi connectivity index (χ1) is 8.47. The summed E-state index contributed by atoms with van der Waals surface area (Å²) in [6.07, 6.45) is 1.49. The third-order valence-electron chi connectivity index (χ3n) is 2.47. The number of hydrogen-bond acceptors (Lipinski definition) is 3. The van der Waals surface area contributed by atoms with Crippen LogP contribution in [0.5, 0.6) is 11.6 Å². The molecule has 0 saturated carbocycles. The lowest BCUT2D eigenvalue weighted by molar-refractivity contribution is 0.458. The van der Waals surface area contributed by atoms with E-state index in [1.165, 1.54) is 6.20 Å². The second-order valence-corrected chi connectivity index (χ2v) is 4.89. The topological polar surface area (TPSA) is 48.1 Å². The fourth-order valence-corrected chi connectivity index (χ4v) is 2.18. The van der Waals surface area contributed by atoms with Crippen LogP contribution in [0.3, 0.4) is 0 Å². The minimum Gasteiger partial charge on any atom is -0.437 e. The number of hydrogen-bond donors (Lipinski definition) is 1. The molecule has 0 saturated heterocycles. The van der Waals surface area contributed by atoms with Crippen LogP contribution in [0, 0.1) is 13.8 Å². The summed E-state index contributed by atoms with van der Waals surface area (Å²) in [5.41, 5.74) is 8.05. The van der Waals surface area contributed by atoms with Crippen molar-refractivity contribution in [2.75, 3.05) is 5.73 Å². The SMILES string of the molecule is Cc1cc(Cl)cc(C)c1Oc1ncc(Cl)cc1N. The Labute approximate surface area is 115 Å². The molecule has 0 aliphatic carbocycles. The van der Waals surface area contributed by atoms with Gasteiger partial charge in [0.15, 0.2) is 0 Å². The van der Waals surface area contributed by atoms with E-state index < -0.39 is 0 Å². The van der Waals surface area contributed by atoms with Crippen molar-refractivity contribution in [2.45, 2.75) is 13.8 Å². The molecule has 18 heavy (non-hydrogen) atoms. The van der Waals surface area contributed by atoms with E-state index in [1.807, 2.05) is 26.0 Å². The van der Waals surface area contributed by atoms with Gasteiger partial charge < -0.3 is 10.5 Å². The fourth-order valence-electron chi connectivity index (χ4n) is 1.68. The Hall–Kier alpha value is -1.45. The van der Waals surface area contributed by atoms with E-state index in [9.17, 15) is 0 Å². The lowest BCUT2D eigenvalue weighted by Crippen LogP contribution is -1.97. The average molecular weight is 283 g/mol. The van der Waals surface area contributed by atoms with Crippen LogP contribution in [-0.2, 0) is 0 Å². The summed E-state index contributed by atoms with van der Waals surface area (Å²) >= 11 is 11.8. The van der Waals surface area contributed by atoms with Crippen molar-refractivity contribution in [3.63, 3.8) is 0 Å². The van der Waals surface area contributed by atoms with Gasteiger partial charge in [0, 0.05) is 11.2 Å². The van der Waals surface area contributed by atoms with E-state index in [-0.39, 0.29) is 0 Å². The molecule has 0 spiro atoms. The van der Waals surface area contributed by atoms with Crippen LogP contribution in [0.2, 0.25) is 10.0 Å². The quantitative estimate of drug-likeness (QED) is 0.889. The van der Waals surface area contributed by atoms with Crippen LogP contribution < -0.4 is 10.5 Å². The molecule has 2 rings (SSSR count). The molecule has 0 aliphatic rings. The summed E-state index contributed by atoms with van der Waals surface area (Å²) in [7, 11) is 0. The van der Waals surface area contributed by atoms with E-state index in [4.69, 9.17) is 33.7 Å². The van der Waals surface area contributed by atoms with Gasteiger partial charge in [-0.3, -0.25) is 0 Å². The van der Waals surface area contributed by atoms with Crippen LogP contribution in [0.1, 0.15) is 11.1 Å². The van der Waals surface area contributed by atoms with E-state index in [0.29, 0.717) is 27.4 Å². The molecule has 5 heteroatoms. The lowest BCUT2D eigenvalue weighted by atomic mass is 10.1. The highest BCUT2D eigenvalue weighted by Crippen LogP contribution is 2.33. The molecule has 2 N–H and O–H groups in total. The largest absolute Gasteiger partial charge is 0.437 e. The number of nitrogens with zero attached hydrogens (tertiary/aromatic N) is 1. The zero-order chi connectivity index (χ0) is 13.3. The van der Waals surface area contributed by atoms with Gasteiger partial charge in [-0.25, -0.2) is 4.98 Å². The number of nitrogen functional groups attached to an aromatic ring is 1. The Morgan fingerprint density at radius 1 is 1.06 bits per heavy atom. The van der Waals surface area contributed by atoms with Crippen molar-refractivity contribution in [3.05, 3.63) is 45.6 Å². The van der Waals surface area contributed by atoms with Gasteiger partial charge in [0.25, 0.3) is 0 Å². The summed E-state index contributed by atoms with van der Waals surface area (Å²) < 4.78 is 5.73. The second-order valence-electron chi connectivity index (χ2n) is 4.02. The zero-order valence-corrected chi connectivity index (χ0v) is 11.5. The van der Waals surface area contributed by atoms with Crippen LogP contribution in [0.4, 0.5) is 5.69 Å². The molecular weight excluding hydrogens is 271 g/mol. The summed E-state index contributed by atoms with van der Waals surface area (Å²) in [4.78, 5) is 4.07. The van der Waals surface area contributed by atoms with Crippen molar-refractivity contribution >= 4 is 28.9 Å². The average Bonchev–Trinajstić information content (AvgIpc) is 2.25. The van der Waals surface area contributed by atoms with Crippen molar-refractivity contribution in [1.29, 1.82) is 0 Å². The number of nitrogens with two attached hydrogens (primary N) is 1. The maximum absolute atomic E-state index is 5.96. The predicted molar refractivity (Wildman–Crippen MR) is 74.7 cm³/mol. The number of anilines is 1. The normalized spacial score (nSPS) is 10.4. The molecule has 0 aliphatic heterocycles. The maximum atomic E-state index is 5.96. The molecule has 3 nitrogen and oxygen atoms in total. The number of halogens is 2. The zero-order valence-electron chi connectivity index (χ0n) is 10.00. The van der Waals surface area contributed by atoms with Crippen molar-refractivity contribution < 1.29 is 4.74 Å². The molecule has 1 aromatic carbocycles. The van der Waals surface area contributed by atoms with Gasteiger partial charge in [0.1, 0.15) is 5.75 Å². The van der Waals surface area contributed by atoms with Crippen LogP contribution in [-0.4, -0.2) is 4.98 Å². The third kappa shape index (κ3) is 2.68. The summed E-state index contributed by atoms with van der Waals surface area (Å²) in [6, 6.07) is 5.26. The molecule has 0 atom stereocenters. The summed E-state index contributed by atoms with van der Waals surface area (Å²) in [5, 5.41) is 1.15. The molecule has 94 valence electrons. The van der Waals surface area contributed by atoms with Gasteiger partial charge >= 0.3 is 0 Å². The molecular formula is C13H12Cl2N2O. The summed E-state index contributed by atoms with van der Waals surface area (Å²) in [6.45, 7) is 3.83. The number of pyridine rings is 1. The summed E-state index contributed by atoms with van der Waals surface area (Å²) in [5.74, 6) is 1.05. The number of aryl methyl sites for hydroxylation is 2. The van der Waals surface area contributed by atoms with Crippen molar-refractivity contribution in [3.8, 4) is 11.6 Å². The number of aromatic nitrogens is 1. The Bertz CT molecular complexity index is 577. The molecule has 1 aromatic heterocycles. The van der Waals surface area contributed by atoms with Gasteiger partial charge in [-0.2, -0.15) is 0 Å². The first kappa shape index (κ1) is 13.0. The van der Waals surface area contributed by atoms with Gasteiger partial charge in [-0.05, 0) is 43.2 Å². The first-order valence-corrected chi connectivity index (χ1v) is 6.08. The van der Waals surface area contributed by atoms with Crippen molar-refractivity contribution in [2.24, 2.45) is 0 Å². The highest BCUT2D eigenvalue weighted by Gasteiger charge is 2.10. The highest BCUT2D eigenvalue weighted by molar-refractivity contribution is 6.31. The van der Waals surface area contributed by atoms with E-state index in [2.05, 4.69) is 4.98 Å². The molecule has 0 fully saturated rings. The molecule has 0 radical (unpaired) electrons. The smallest absolute Gasteiger partial charge is 0.242 e. The number of ether oxygens (including phenoxy) is 1. The minimum atomic E-state index is 0.341. The van der Waals surface area contributed by atoms with Gasteiger partial charge in [-0.1, -0.05) is 23.2 Å². The molecule has 0 unspecified atom stereocenters. The Balaban J connectivity index is 2.40. The molecule has 0 amide bonds. The minimum absolute atomic E-state index is 0.341. The second kappa shape index (κ2) is 5.04. The van der Waals surface area contributed by atoms with Crippen LogP contribution >= 0.6 is 23.2 Å². The van der Waals surface area contributed by atoms with E-state index in [0.717, 1.165) is 11.1 Å². The molecule has 2 aromatic rings. The third-order valence-corrected chi connectivity index (χ3v) is 2.89. The van der Waals surface area contributed by atoms with Gasteiger partial charge in [0.05, 0.1) is 10.7 Å². The van der Waals surface area contributed by atoms with Crippen LogP contribution in [0.15, 0.2) is 24.4 Å². The first-order valence-electron chi connectivity index (χ1n) is 5.33. The van der Waals surface area contributed by atoms with Crippen molar-refractivity contribution in [1.82, 2.24) is 4.98 Å². The van der Waals surface area contributed by atoms with E-state index in [1.54, 1.807) is 6.07 Å². The van der Waals surface area contributed by atoms with Gasteiger partial charge in [-0.15, -0.1) is 0 Å². The fraction of sp³-hybridized carbons (Fsp3) is 0.154. The lowest BCUT2D eigenvalue weighted by Gasteiger charge is -2.12. The number of rotatable bonds is 2. The van der Waals surface area contributed by atoms with E-state index >= 15 is 0 Å². The standard InChI is InChI=1S/C13H12Cl2N2O/c1-7-3-9(14)4-8(2)12(7)18-13-11(16)5-10(15)6-17-13/h3-6H,16H2,1-2H3. The number of benzene rings is 1.